The number of nitrogens with zero attached hydrogens (tertiary/aromatic N) is 2. The molecule has 0 fully saturated rings. The summed E-state index contributed by atoms with van der Waals surface area (Å²) in [6, 6.07) is 0. The standard InChI is InChI=1S/C5H4N4O4/c6-5-7-2(4(11)12)1(9-13)3(10)8-5/h(H,11,12)(H3,6,7,8,10). The van der Waals surface area contributed by atoms with Crippen molar-refractivity contribution in [2.75, 3.05) is 5.73 Å². The molecule has 1 rings (SSSR count). The lowest BCUT2D eigenvalue weighted by Crippen LogP contribution is -2.16. The summed E-state index contributed by atoms with van der Waals surface area (Å²) in [4.78, 5) is 36.5. The fourth-order valence-electron chi connectivity index (χ4n) is 0.718. The maximum Gasteiger partial charge on any atom is 0.357 e. The molecule has 1 aromatic rings. The number of nitroso groups, excluding NO2 is 1. The zero-order valence-electron chi connectivity index (χ0n) is 6.14. The van der Waals surface area contributed by atoms with Crippen LogP contribution in [0, 0.1) is 4.91 Å². The van der Waals surface area contributed by atoms with Crippen molar-refractivity contribution < 1.29 is 9.90 Å². The average molecular weight is 184 g/mol. The van der Waals surface area contributed by atoms with Crippen LogP contribution < -0.4 is 11.3 Å². The minimum atomic E-state index is -1.53. The van der Waals surface area contributed by atoms with Crippen LogP contribution in [0.2, 0.25) is 0 Å². The molecule has 0 bridgehead atoms. The van der Waals surface area contributed by atoms with Gasteiger partial charge in [-0.15, -0.1) is 4.91 Å². The van der Waals surface area contributed by atoms with Crippen LogP contribution in [0.4, 0.5) is 11.6 Å². The molecule has 0 aliphatic rings. The summed E-state index contributed by atoms with van der Waals surface area (Å²) in [7, 11) is 0. The van der Waals surface area contributed by atoms with Crippen molar-refractivity contribution in [1.29, 1.82) is 0 Å². The number of H-pyrrole nitrogens is 1. The average Bonchev–Trinajstić information content (AvgIpc) is 2.02. The first-order chi connectivity index (χ1) is 6.06. The van der Waals surface area contributed by atoms with Gasteiger partial charge in [0.15, 0.2) is 5.69 Å². The number of hydrogen-bond donors (Lipinski definition) is 3. The van der Waals surface area contributed by atoms with E-state index in [1.807, 2.05) is 4.98 Å². The zero-order chi connectivity index (χ0) is 10.0. The predicted octanol–water partition coefficient (Wildman–Crippen LogP) is -0.552. The van der Waals surface area contributed by atoms with Gasteiger partial charge in [-0.3, -0.25) is 9.78 Å². The second-order valence-electron chi connectivity index (χ2n) is 2.04. The first-order valence-corrected chi connectivity index (χ1v) is 3.02. The Morgan fingerprint density at radius 3 is 2.69 bits per heavy atom. The van der Waals surface area contributed by atoms with Crippen LogP contribution in [0.5, 0.6) is 0 Å². The zero-order valence-corrected chi connectivity index (χ0v) is 6.14. The molecule has 4 N–H and O–H groups in total. The second-order valence-corrected chi connectivity index (χ2v) is 2.04. The van der Waals surface area contributed by atoms with Crippen LogP contribution in [-0.4, -0.2) is 21.0 Å². The van der Waals surface area contributed by atoms with Crippen LogP contribution >= 0.6 is 0 Å². The van der Waals surface area contributed by atoms with E-state index in [2.05, 4.69) is 10.2 Å². The second kappa shape index (κ2) is 3.01. The summed E-state index contributed by atoms with van der Waals surface area (Å²) in [6.07, 6.45) is 0. The normalized spacial score (nSPS) is 9.54. The van der Waals surface area contributed by atoms with Gasteiger partial charge in [0.05, 0.1) is 0 Å². The van der Waals surface area contributed by atoms with Crippen molar-refractivity contribution in [3.8, 4) is 0 Å². The molecule has 0 aromatic carbocycles. The van der Waals surface area contributed by atoms with E-state index in [0.29, 0.717) is 0 Å². The van der Waals surface area contributed by atoms with Crippen molar-refractivity contribution in [3.63, 3.8) is 0 Å². The van der Waals surface area contributed by atoms with E-state index in [-0.39, 0.29) is 5.95 Å². The van der Waals surface area contributed by atoms with E-state index in [9.17, 15) is 14.5 Å². The molecule has 0 spiro atoms. The Hall–Kier alpha value is -2.25. The van der Waals surface area contributed by atoms with Gasteiger partial charge in [-0.05, 0) is 5.18 Å². The first kappa shape index (κ1) is 8.84. The van der Waals surface area contributed by atoms with E-state index in [4.69, 9.17) is 10.8 Å². The molecule has 0 unspecified atom stereocenters. The molecule has 0 saturated heterocycles. The third-order valence-corrected chi connectivity index (χ3v) is 1.21. The van der Waals surface area contributed by atoms with E-state index < -0.39 is 22.9 Å². The van der Waals surface area contributed by atoms with Gasteiger partial charge < -0.3 is 10.8 Å². The number of carbonyl (C=O) groups is 1. The third kappa shape index (κ3) is 1.50. The van der Waals surface area contributed by atoms with Crippen molar-refractivity contribution in [3.05, 3.63) is 21.0 Å². The molecule has 0 amide bonds. The number of aromatic nitrogens is 2. The maximum absolute atomic E-state index is 10.9. The number of carboxylic acid groups (broad SMARTS) is 1. The first-order valence-electron chi connectivity index (χ1n) is 3.02. The summed E-state index contributed by atoms with van der Waals surface area (Å²) in [5.41, 5.74) is 2.53. The van der Waals surface area contributed by atoms with E-state index in [0.717, 1.165) is 0 Å². The topological polar surface area (TPSA) is 138 Å². The van der Waals surface area contributed by atoms with Crippen LogP contribution in [0.3, 0.4) is 0 Å². The Morgan fingerprint density at radius 1 is 1.62 bits per heavy atom. The quantitative estimate of drug-likeness (QED) is 0.527. The smallest absolute Gasteiger partial charge is 0.357 e. The molecule has 0 radical (unpaired) electrons. The summed E-state index contributed by atoms with van der Waals surface area (Å²) in [5, 5.41) is 10.7. The molecule has 68 valence electrons. The van der Waals surface area contributed by atoms with Gasteiger partial charge >= 0.3 is 5.97 Å². The van der Waals surface area contributed by atoms with Crippen LogP contribution in [-0.2, 0) is 0 Å². The predicted molar refractivity (Wildman–Crippen MR) is 41.7 cm³/mol. The number of rotatable bonds is 2. The lowest BCUT2D eigenvalue weighted by Gasteiger charge is -1.96. The molecule has 8 nitrogen and oxygen atoms in total. The number of aromatic amines is 1. The monoisotopic (exact) mass is 184 g/mol. The highest BCUT2D eigenvalue weighted by molar-refractivity contribution is 5.91. The van der Waals surface area contributed by atoms with Crippen molar-refractivity contribution in [1.82, 2.24) is 9.97 Å². The molecule has 0 aliphatic carbocycles. The number of nitrogen functional groups attached to an aromatic ring is 1. The van der Waals surface area contributed by atoms with E-state index in [1.54, 1.807) is 0 Å². The van der Waals surface area contributed by atoms with E-state index in [1.165, 1.54) is 0 Å². The van der Waals surface area contributed by atoms with Gasteiger partial charge in [-0.2, -0.15) is 0 Å². The number of nitrogens with one attached hydrogen (secondary N) is 1. The molecule has 0 aliphatic heterocycles. The Balaban J connectivity index is 3.56. The molecule has 1 aromatic heterocycles. The summed E-state index contributed by atoms with van der Waals surface area (Å²) in [6.45, 7) is 0. The van der Waals surface area contributed by atoms with Gasteiger partial charge in [0.2, 0.25) is 11.6 Å². The number of anilines is 1. The number of carboxylic acids is 1. The highest BCUT2D eigenvalue weighted by atomic mass is 16.4. The Morgan fingerprint density at radius 2 is 2.23 bits per heavy atom. The van der Waals surface area contributed by atoms with E-state index >= 15 is 0 Å². The highest BCUT2D eigenvalue weighted by Gasteiger charge is 2.17. The van der Waals surface area contributed by atoms with Gasteiger partial charge in [-0.1, -0.05) is 0 Å². The largest absolute Gasteiger partial charge is 0.476 e. The number of nitrogens with two attached hydrogens (primary N) is 1. The highest BCUT2D eigenvalue weighted by Crippen LogP contribution is 2.10. The van der Waals surface area contributed by atoms with Gasteiger partial charge in [0.25, 0.3) is 5.56 Å². The van der Waals surface area contributed by atoms with Gasteiger partial charge in [0.1, 0.15) is 0 Å². The molecule has 1 heterocycles. The third-order valence-electron chi connectivity index (χ3n) is 1.21. The Kier molecular flexibility index (Phi) is 2.05. The van der Waals surface area contributed by atoms with Crippen molar-refractivity contribution in [2.45, 2.75) is 0 Å². The summed E-state index contributed by atoms with van der Waals surface area (Å²) in [5.74, 6) is -1.91. The van der Waals surface area contributed by atoms with Crippen molar-refractivity contribution in [2.24, 2.45) is 5.18 Å². The molecular formula is C5H4N4O4. The molecule has 8 heteroatoms. The molecule has 13 heavy (non-hydrogen) atoms. The van der Waals surface area contributed by atoms with Crippen LogP contribution in [0.25, 0.3) is 0 Å². The SMILES string of the molecule is Nc1nc(C(=O)O)c(N=O)c(=O)[nH]1. The fraction of sp³-hybridized carbons (Fsp3) is 0. The fourth-order valence-corrected chi connectivity index (χ4v) is 0.718. The minimum Gasteiger partial charge on any atom is -0.476 e. The Labute approximate surface area is 70.4 Å². The molecular weight excluding hydrogens is 180 g/mol. The number of hydrogen-bond acceptors (Lipinski definition) is 6. The van der Waals surface area contributed by atoms with Gasteiger partial charge in [-0.25, -0.2) is 9.78 Å². The summed E-state index contributed by atoms with van der Waals surface area (Å²) >= 11 is 0. The molecule has 0 saturated carbocycles. The lowest BCUT2D eigenvalue weighted by atomic mass is 10.3. The number of aromatic carboxylic acids is 1. The van der Waals surface area contributed by atoms with Gasteiger partial charge in [0, 0.05) is 0 Å². The Bertz CT molecular complexity index is 423. The summed E-state index contributed by atoms with van der Waals surface area (Å²) < 4.78 is 0. The minimum absolute atomic E-state index is 0.380. The maximum atomic E-state index is 10.9. The van der Waals surface area contributed by atoms with Crippen LogP contribution in [0.15, 0.2) is 9.97 Å². The molecule has 0 atom stereocenters. The van der Waals surface area contributed by atoms with Crippen LogP contribution in [0.1, 0.15) is 10.5 Å². The lowest BCUT2D eigenvalue weighted by molar-refractivity contribution is 0.0691. The van der Waals surface area contributed by atoms with Crippen molar-refractivity contribution >= 4 is 17.6 Å².